The van der Waals surface area contributed by atoms with Gasteiger partial charge in [0.25, 0.3) is 5.56 Å². The average Bonchev–Trinajstić information content (AvgIpc) is 2.44. The summed E-state index contributed by atoms with van der Waals surface area (Å²) in [5, 5.41) is 9.10. The van der Waals surface area contributed by atoms with Crippen LogP contribution in [0.25, 0.3) is 22.0 Å². The highest BCUT2D eigenvalue weighted by Gasteiger charge is 2.09. The Bertz CT molecular complexity index is 818. The summed E-state index contributed by atoms with van der Waals surface area (Å²) in [6.45, 7) is 3.75. The van der Waals surface area contributed by atoms with E-state index in [0.717, 1.165) is 22.4 Å². The second-order valence-corrected chi connectivity index (χ2v) is 4.71. The molecule has 19 heavy (non-hydrogen) atoms. The minimum Gasteiger partial charge on any atom is -0.268 e. The summed E-state index contributed by atoms with van der Waals surface area (Å²) in [4.78, 5) is 11.5. The van der Waals surface area contributed by atoms with E-state index in [1.807, 2.05) is 32.0 Å². The molecule has 0 aliphatic rings. The van der Waals surface area contributed by atoms with Crippen LogP contribution < -0.4 is 5.56 Å². The topological polar surface area (TPSA) is 45.8 Å². The molecule has 2 aromatic carbocycles. The van der Waals surface area contributed by atoms with Crippen molar-refractivity contribution in [1.82, 2.24) is 10.2 Å². The quantitative estimate of drug-likeness (QED) is 0.720. The number of rotatable bonds is 1. The van der Waals surface area contributed by atoms with Crippen molar-refractivity contribution in [3.05, 3.63) is 63.9 Å². The van der Waals surface area contributed by atoms with Crippen molar-refractivity contribution in [1.29, 1.82) is 0 Å². The molecular weight excluding hydrogens is 236 g/mol. The summed E-state index contributed by atoms with van der Waals surface area (Å²) < 4.78 is 0. The van der Waals surface area contributed by atoms with Gasteiger partial charge in [-0.25, -0.2) is 5.10 Å². The van der Waals surface area contributed by atoms with Crippen LogP contribution in [-0.4, -0.2) is 10.2 Å². The minimum atomic E-state index is -0.123. The number of benzene rings is 2. The fourth-order valence-corrected chi connectivity index (χ4v) is 2.24. The van der Waals surface area contributed by atoms with Crippen molar-refractivity contribution in [3.63, 3.8) is 0 Å². The van der Waals surface area contributed by atoms with Gasteiger partial charge in [0, 0.05) is 11.1 Å². The Morgan fingerprint density at radius 3 is 2.47 bits per heavy atom. The van der Waals surface area contributed by atoms with Gasteiger partial charge in [0.2, 0.25) is 0 Å². The molecule has 0 bridgehead atoms. The van der Waals surface area contributed by atoms with Crippen LogP contribution >= 0.6 is 0 Å². The van der Waals surface area contributed by atoms with E-state index in [9.17, 15) is 4.79 Å². The first-order valence-corrected chi connectivity index (χ1v) is 6.22. The van der Waals surface area contributed by atoms with Gasteiger partial charge in [-0.2, -0.15) is 5.10 Å². The Kier molecular flexibility index (Phi) is 2.67. The van der Waals surface area contributed by atoms with Crippen LogP contribution in [0.4, 0.5) is 0 Å². The van der Waals surface area contributed by atoms with Crippen LogP contribution in [0.5, 0.6) is 0 Å². The first kappa shape index (κ1) is 11.7. The number of nitrogens with zero attached hydrogens (tertiary/aromatic N) is 1. The zero-order chi connectivity index (χ0) is 13.4. The van der Waals surface area contributed by atoms with Crippen molar-refractivity contribution < 1.29 is 0 Å². The first-order valence-electron chi connectivity index (χ1n) is 6.22. The molecule has 0 saturated carbocycles. The van der Waals surface area contributed by atoms with Crippen LogP contribution in [0.1, 0.15) is 11.1 Å². The van der Waals surface area contributed by atoms with Gasteiger partial charge < -0.3 is 0 Å². The monoisotopic (exact) mass is 250 g/mol. The van der Waals surface area contributed by atoms with Gasteiger partial charge in [-0.1, -0.05) is 36.4 Å². The molecule has 0 amide bonds. The Hall–Kier alpha value is -2.42. The Morgan fingerprint density at radius 1 is 0.947 bits per heavy atom. The molecule has 0 saturated heterocycles. The SMILES string of the molecule is Cc1c(-c2ccc3ccccc3c2)n[nH]c(=O)c1C. The third-order valence-electron chi connectivity index (χ3n) is 3.55. The van der Waals surface area contributed by atoms with Gasteiger partial charge >= 0.3 is 0 Å². The molecule has 1 aromatic heterocycles. The van der Waals surface area contributed by atoms with E-state index in [2.05, 4.69) is 34.5 Å². The lowest BCUT2D eigenvalue weighted by molar-refractivity contribution is 0.959. The van der Waals surface area contributed by atoms with E-state index in [1.54, 1.807) is 0 Å². The molecule has 1 heterocycles. The number of hydrogen-bond donors (Lipinski definition) is 1. The third kappa shape index (κ3) is 1.93. The Balaban J connectivity index is 2.25. The number of aromatic amines is 1. The van der Waals surface area contributed by atoms with E-state index in [-0.39, 0.29) is 5.56 Å². The van der Waals surface area contributed by atoms with E-state index >= 15 is 0 Å². The second-order valence-electron chi connectivity index (χ2n) is 4.71. The van der Waals surface area contributed by atoms with Crippen molar-refractivity contribution in [2.45, 2.75) is 13.8 Å². The molecular formula is C16H14N2O. The van der Waals surface area contributed by atoms with Gasteiger partial charge in [-0.05, 0) is 36.2 Å². The first-order chi connectivity index (χ1) is 9.16. The Labute approximate surface area is 110 Å². The number of nitrogens with one attached hydrogen (secondary N) is 1. The van der Waals surface area contributed by atoms with Gasteiger partial charge in [-0.3, -0.25) is 4.79 Å². The summed E-state index contributed by atoms with van der Waals surface area (Å²) in [5.74, 6) is 0. The minimum absolute atomic E-state index is 0.123. The maximum absolute atomic E-state index is 11.5. The lowest BCUT2D eigenvalue weighted by atomic mass is 10.0. The van der Waals surface area contributed by atoms with Crippen molar-refractivity contribution >= 4 is 10.8 Å². The fourth-order valence-electron chi connectivity index (χ4n) is 2.24. The molecule has 3 aromatic rings. The lowest BCUT2D eigenvalue weighted by Gasteiger charge is -2.07. The summed E-state index contributed by atoms with van der Waals surface area (Å²) in [6, 6.07) is 14.4. The molecule has 1 N–H and O–H groups in total. The number of H-pyrrole nitrogens is 1. The van der Waals surface area contributed by atoms with Crippen LogP contribution in [0.2, 0.25) is 0 Å². The van der Waals surface area contributed by atoms with Crippen LogP contribution in [0.3, 0.4) is 0 Å². The summed E-state index contributed by atoms with van der Waals surface area (Å²) >= 11 is 0. The molecule has 0 atom stereocenters. The summed E-state index contributed by atoms with van der Waals surface area (Å²) in [5.41, 5.74) is 3.39. The second kappa shape index (κ2) is 4.35. The number of fused-ring (bicyclic) bond motifs is 1. The molecule has 0 aliphatic carbocycles. The zero-order valence-electron chi connectivity index (χ0n) is 10.9. The van der Waals surface area contributed by atoms with Crippen molar-refractivity contribution in [3.8, 4) is 11.3 Å². The van der Waals surface area contributed by atoms with E-state index in [0.29, 0.717) is 0 Å². The van der Waals surface area contributed by atoms with E-state index < -0.39 is 0 Å². The molecule has 0 radical (unpaired) electrons. The molecule has 0 unspecified atom stereocenters. The predicted molar refractivity (Wildman–Crippen MR) is 77.3 cm³/mol. The van der Waals surface area contributed by atoms with Crippen LogP contribution in [0.15, 0.2) is 47.3 Å². The third-order valence-corrected chi connectivity index (χ3v) is 3.55. The molecule has 0 spiro atoms. The molecule has 94 valence electrons. The molecule has 0 aliphatic heterocycles. The summed E-state index contributed by atoms with van der Waals surface area (Å²) in [7, 11) is 0. The highest BCUT2D eigenvalue weighted by molar-refractivity contribution is 5.87. The lowest BCUT2D eigenvalue weighted by Crippen LogP contribution is -2.14. The van der Waals surface area contributed by atoms with Crippen molar-refractivity contribution in [2.24, 2.45) is 0 Å². The summed E-state index contributed by atoms with van der Waals surface area (Å²) in [6.07, 6.45) is 0. The van der Waals surface area contributed by atoms with Crippen LogP contribution in [-0.2, 0) is 0 Å². The largest absolute Gasteiger partial charge is 0.268 e. The maximum Gasteiger partial charge on any atom is 0.267 e. The van der Waals surface area contributed by atoms with Gasteiger partial charge in [0.1, 0.15) is 0 Å². The zero-order valence-corrected chi connectivity index (χ0v) is 10.9. The van der Waals surface area contributed by atoms with Gasteiger partial charge in [0.05, 0.1) is 5.69 Å². The van der Waals surface area contributed by atoms with Crippen LogP contribution in [0, 0.1) is 13.8 Å². The number of hydrogen-bond acceptors (Lipinski definition) is 2. The predicted octanol–water partition coefficient (Wildman–Crippen LogP) is 3.21. The average molecular weight is 250 g/mol. The van der Waals surface area contributed by atoms with Gasteiger partial charge in [-0.15, -0.1) is 0 Å². The van der Waals surface area contributed by atoms with Gasteiger partial charge in [0.15, 0.2) is 0 Å². The van der Waals surface area contributed by atoms with Crippen molar-refractivity contribution in [2.75, 3.05) is 0 Å². The van der Waals surface area contributed by atoms with E-state index in [1.165, 1.54) is 10.8 Å². The fraction of sp³-hybridized carbons (Fsp3) is 0.125. The molecule has 0 fully saturated rings. The normalized spacial score (nSPS) is 10.8. The number of aromatic nitrogens is 2. The van der Waals surface area contributed by atoms with E-state index in [4.69, 9.17) is 0 Å². The molecule has 3 heteroatoms. The molecule has 3 rings (SSSR count). The smallest absolute Gasteiger partial charge is 0.267 e. The Morgan fingerprint density at radius 2 is 1.68 bits per heavy atom. The maximum atomic E-state index is 11.5. The highest BCUT2D eigenvalue weighted by atomic mass is 16.1. The highest BCUT2D eigenvalue weighted by Crippen LogP contribution is 2.25. The molecule has 3 nitrogen and oxygen atoms in total. The standard InChI is InChI=1S/C16H14N2O/c1-10-11(2)16(19)18-17-15(10)14-8-7-12-5-3-4-6-13(12)9-14/h3-9H,1-2H3,(H,18,19).